The normalized spacial score (nSPS) is 20.1. The number of carbonyl (C=O) groups excluding carboxylic acids is 1. The van der Waals surface area contributed by atoms with Crippen molar-refractivity contribution in [3.63, 3.8) is 0 Å². The Morgan fingerprint density at radius 2 is 1.97 bits per heavy atom. The van der Waals surface area contributed by atoms with Crippen molar-refractivity contribution in [1.82, 2.24) is 25.0 Å². The lowest BCUT2D eigenvalue weighted by molar-refractivity contribution is -0.122. The molecule has 1 amide bonds. The molecule has 4 heterocycles. The number of nitrogens with zero attached hydrogens (tertiary/aromatic N) is 5. The highest BCUT2D eigenvalue weighted by molar-refractivity contribution is 6.30. The van der Waals surface area contributed by atoms with E-state index in [-0.39, 0.29) is 11.9 Å². The summed E-state index contributed by atoms with van der Waals surface area (Å²) in [5.41, 5.74) is 1.83. The lowest BCUT2D eigenvalue weighted by Gasteiger charge is -2.36. The van der Waals surface area contributed by atoms with Gasteiger partial charge in [0.25, 0.3) is 0 Å². The van der Waals surface area contributed by atoms with Gasteiger partial charge in [0.15, 0.2) is 5.82 Å². The number of anilines is 1. The molecule has 0 radical (unpaired) electrons. The number of piperidine rings is 1. The second-order valence-electron chi connectivity index (χ2n) is 9.28. The molecule has 5 rings (SSSR count). The van der Waals surface area contributed by atoms with Gasteiger partial charge in [-0.05, 0) is 69.2 Å². The standard InChI is InChI=1S/C25H31ClN6O2/c1-30-10-7-18(8-11-30)15-28-24(33)14-21-17-34-13-12-31(21)25-22-6-9-27-16-23(22)32(29-25)20-4-2-19(26)3-5-20/h2-6,9,16,18,21H,7-8,10-15,17H2,1H3,(H,28,33). The summed E-state index contributed by atoms with van der Waals surface area (Å²) in [4.78, 5) is 21.7. The zero-order valence-electron chi connectivity index (χ0n) is 19.5. The van der Waals surface area contributed by atoms with Crippen molar-refractivity contribution in [3.05, 3.63) is 47.7 Å². The highest BCUT2D eigenvalue weighted by atomic mass is 35.5. The highest BCUT2D eigenvalue weighted by Crippen LogP contribution is 2.31. The molecule has 0 aliphatic carbocycles. The first kappa shape index (κ1) is 23.1. The number of halogens is 1. The molecule has 2 fully saturated rings. The molecule has 3 aromatic rings. The van der Waals surface area contributed by atoms with Gasteiger partial charge in [0.2, 0.25) is 5.91 Å². The van der Waals surface area contributed by atoms with Crippen LogP contribution in [-0.4, -0.2) is 78.1 Å². The van der Waals surface area contributed by atoms with E-state index in [2.05, 4.69) is 27.1 Å². The zero-order chi connectivity index (χ0) is 23.5. The number of aromatic nitrogens is 3. The quantitative estimate of drug-likeness (QED) is 0.581. The third-order valence-electron chi connectivity index (χ3n) is 6.88. The Kier molecular flexibility index (Phi) is 6.99. The smallest absolute Gasteiger partial charge is 0.222 e. The third kappa shape index (κ3) is 5.04. The molecule has 1 unspecified atom stereocenters. The molecule has 1 N–H and O–H groups in total. The minimum absolute atomic E-state index is 0.0718. The van der Waals surface area contributed by atoms with Crippen molar-refractivity contribution >= 4 is 34.2 Å². The average Bonchev–Trinajstić information content (AvgIpc) is 3.24. The van der Waals surface area contributed by atoms with Crippen LogP contribution in [0.15, 0.2) is 42.7 Å². The number of ether oxygens (including phenoxy) is 1. The van der Waals surface area contributed by atoms with Crippen LogP contribution in [0.4, 0.5) is 5.82 Å². The summed E-state index contributed by atoms with van der Waals surface area (Å²) in [5.74, 6) is 1.48. The van der Waals surface area contributed by atoms with Crippen molar-refractivity contribution in [2.24, 2.45) is 5.92 Å². The van der Waals surface area contributed by atoms with Crippen LogP contribution in [0.3, 0.4) is 0 Å². The van der Waals surface area contributed by atoms with Gasteiger partial charge in [0.1, 0.15) is 0 Å². The summed E-state index contributed by atoms with van der Waals surface area (Å²) in [6.07, 6.45) is 6.26. The number of fused-ring (bicyclic) bond motifs is 1. The van der Waals surface area contributed by atoms with Crippen LogP contribution in [-0.2, 0) is 9.53 Å². The molecule has 0 bridgehead atoms. The second-order valence-corrected chi connectivity index (χ2v) is 9.72. The Hall–Kier alpha value is -2.68. The fourth-order valence-corrected chi connectivity index (χ4v) is 4.98. The van der Waals surface area contributed by atoms with Crippen molar-refractivity contribution in [3.8, 4) is 5.69 Å². The highest BCUT2D eigenvalue weighted by Gasteiger charge is 2.30. The van der Waals surface area contributed by atoms with E-state index in [4.69, 9.17) is 21.4 Å². The zero-order valence-corrected chi connectivity index (χ0v) is 20.2. The van der Waals surface area contributed by atoms with Gasteiger partial charge in [-0.25, -0.2) is 4.68 Å². The Morgan fingerprint density at radius 3 is 2.76 bits per heavy atom. The SMILES string of the molecule is CN1CCC(CNC(=O)CC2COCCN2c2nn(-c3ccc(Cl)cc3)c3cnccc23)CC1. The van der Waals surface area contributed by atoms with Crippen LogP contribution in [0, 0.1) is 5.92 Å². The number of pyridine rings is 1. The predicted molar refractivity (Wildman–Crippen MR) is 134 cm³/mol. The van der Waals surface area contributed by atoms with E-state index >= 15 is 0 Å². The van der Waals surface area contributed by atoms with Gasteiger partial charge in [0, 0.05) is 36.1 Å². The summed E-state index contributed by atoms with van der Waals surface area (Å²) in [6, 6.07) is 9.50. The van der Waals surface area contributed by atoms with E-state index in [1.807, 2.05) is 41.2 Å². The lowest BCUT2D eigenvalue weighted by Crippen LogP contribution is -2.48. The number of amides is 1. The molecule has 1 aromatic carbocycles. The van der Waals surface area contributed by atoms with Crippen LogP contribution in [0.25, 0.3) is 16.6 Å². The van der Waals surface area contributed by atoms with Crippen molar-refractivity contribution in [1.29, 1.82) is 0 Å². The molecule has 0 spiro atoms. The minimum atomic E-state index is -0.0730. The summed E-state index contributed by atoms with van der Waals surface area (Å²) in [7, 11) is 2.15. The Balaban J connectivity index is 1.34. The number of morpholine rings is 1. The maximum atomic E-state index is 12.9. The molecular formula is C25H31ClN6O2. The maximum absolute atomic E-state index is 12.9. The molecule has 8 nitrogen and oxygen atoms in total. The summed E-state index contributed by atoms with van der Waals surface area (Å²) >= 11 is 6.09. The van der Waals surface area contributed by atoms with E-state index in [1.54, 1.807) is 6.20 Å². The Labute approximate surface area is 204 Å². The molecule has 2 aliphatic rings. The molecule has 0 saturated carbocycles. The third-order valence-corrected chi connectivity index (χ3v) is 7.13. The first-order valence-corrected chi connectivity index (χ1v) is 12.3. The summed E-state index contributed by atoms with van der Waals surface area (Å²) < 4.78 is 7.66. The fourth-order valence-electron chi connectivity index (χ4n) is 4.85. The van der Waals surface area contributed by atoms with Crippen LogP contribution in [0.1, 0.15) is 19.3 Å². The van der Waals surface area contributed by atoms with E-state index in [1.165, 1.54) is 0 Å². The fraction of sp³-hybridized carbons (Fsp3) is 0.480. The number of hydrogen-bond donors (Lipinski definition) is 1. The van der Waals surface area contributed by atoms with Crippen LogP contribution < -0.4 is 10.2 Å². The molecule has 2 saturated heterocycles. The number of carbonyl (C=O) groups is 1. The molecule has 180 valence electrons. The number of likely N-dealkylation sites (tertiary alicyclic amines) is 1. The van der Waals surface area contributed by atoms with Gasteiger partial charge in [0.05, 0.1) is 36.7 Å². The van der Waals surface area contributed by atoms with Crippen molar-refractivity contribution in [2.45, 2.75) is 25.3 Å². The first-order valence-electron chi connectivity index (χ1n) is 12.0. The largest absolute Gasteiger partial charge is 0.377 e. The molecule has 9 heteroatoms. The second kappa shape index (κ2) is 10.3. The van der Waals surface area contributed by atoms with Gasteiger partial charge in [-0.3, -0.25) is 9.78 Å². The van der Waals surface area contributed by atoms with Gasteiger partial charge >= 0.3 is 0 Å². The average molecular weight is 483 g/mol. The number of rotatable bonds is 6. The van der Waals surface area contributed by atoms with E-state index < -0.39 is 0 Å². The summed E-state index contributed by atoms with van der Waals surface area (Å²) in [6.45, 7) is 4.74. The van der Waals surface area contributed by atoms with E-state index in [0.29, 0.717) is 37.1 Å². The van der Waals surface area contributed by atoms with Crippen molar-refractivity contribution < 1.29 is 9.53 Å². The lowest BCUT2D eigenvalue weighted by atomic mass is 9.97. The van der Waals surface area contributed by atoms with Gasteiger partial charge in [-0.15, -0.1) is 5.10 Å². The molecule has 34 heavy (non-hydrogen) atoms. The maximum Gasteiger partial charge on any atom is 0.222 e. The number of hydrogen-bond acceptors (Lipinski definition) is 6. The molecular weight excluding hydrogens is 452 g/mol. The van der Waals surface area contributed by atoms with E-state index in [0.717, 1.165) is 54.9 Å². The van der Waals surface area contributed by atoms with Crippen LogP contribution in [0.2, 0.25) is 5.02 Å². The number of nitrogens with one attached hydrogen (secondary N) is 1. The topological polar surface area (TPSA) is 75.5 Å². The van der Waals surface area contributed by atoms with Crippen LogP contribution >= 0.6 is 11.6 Å². The summed E-state index contributed by atoms with van der Waals surface area (Å²) in [5, 5.41) is 9.82. The Morgan fingerprint density at radius 1 is 1.18 bits per heavy atom. The van der Waals surface area contributed by atoms with Gasteiger partial charge in [-0.2, -0.15) is 0 Å². The van der Waals surface area contributed by atoms with E-state index in [9.17, 15) is 4.79 Å². The number of benzene rings is 1. The Bertz CT molecular complexity index is 1130. The molecule has 1 atom stereocenters. The van der Waals surface area contributed by atoms with Crippen molar-refractivity contribution in [2.75, 3.05) is 51.3 Å². The first-order chi connectivity index (χ1) is 16.6. The predicted octanol–water partition coefficient (Wildman–Crippen LogP) is 3.13. The minimum Gasteiger partial charge on any atom is -0.377 e. The van der Waals surface area contributed by atoms with Gasteiger partial charge < -0.3 is 19.9 Å². The molecule has 2 aliphatic heterocycles. The monoisotopic (exact) mass is 482 g/mol. The van der Waals surface area contributed by atoms with Crippen LogP contribution in [0.5, 0.6) is 0 Å². The molecule has 2 aromatic heterocycles. The van der Waals surface area contributed by atoms with Gasteiger partial charge in [-0.1, -0.05) is 11.6 Å².